The van der Waals surface area contributed by atoms with E-state index in [4.69, 9.17) is 9.47 Å². The van der Waals surface area contributed by atoms with Crippen molar-refractivity contribution in [2.24, 2.45) is 0 Å². The van der Waals surface area contributed by atoms with E-state index in [1.165, 1.54) is 0 Å². The van der Waals surface area contributed by atoms with Gasteiger partial charge in [-0.15, -0.1) is 5.54 Å². The smallest absolute Gasteiger partial charge is 0.167 e. The van der Waals surface area contributed by atoms with E-state index in [-0.39, 0.29) is 0 Å². The molecule has 1 rings (SSSR count). The Bertz CT molecular complexity index is 507. The predicted molar refractivity (Wildman–Crippen MR) is 80.4 cm³/mol. The molecular weight excluding hydrogens is 256 g/mol. The van der Waals surface area contributed by atoms with Crippen molar-refractivity contribution in [3.63, 3.8) is 0 Å². The maximum Gasteiger partial charge on any atom is 0.167 e. The minimum atomic E-state index is -1.51. The van der Waals surface area contributed by atoms with Crippen LogP contribution in [0.1, 0.15) is 17.2 Å². The van der Waals surface area contributed by atoms with Crippen LogP contribution in [0.15, 0.2) is 12.1 Å². The molecule has 1 atom stereocenters. The summed E-state index contributed by atoms with van der Waals surface area (Å²) in [5.41, 5.74) is 4.78. The Balaban J connectivity index is 3.23. The topological polar surface area (TPSA) is 38.7 Å². The van der Waals surface area contributed by atoms with E-state index < -0.39 is 14.2 Å². The van der Waals surface area contributed by atoms with E-state index in [0.717, 1.165) is 5.56 Å². The number of methoxy groups -OCH3 is 2. The summed E-state index contributed by atoms with van der Waals surface area (Å²) in [6, 6.07) is 3.73. The zero-order valence-electron chi connectivity index (χ0n) is 12.5. The first kappa shape index (κ1) is 15.6. The molecule has 4 heteroatoms. The molecule has 0 aromatic heterocycles. The highest BCUT2D eigenvalue weighted by atomic mass is 28.3. The lowest BCUT2D eigenvalue weighted by atomic mass is 10.0. The number of benzene rings is 1. The summed E-state index contributed by atoms with van der Waals surface area (Å²) < 4.78 is 10.7. The molecule has 0 saturated carbocycles. The number of ether oxygens (including phenoxy) is 2. The van der Waals surface area contributed by atoms with Crippen molar-refractivity contribution in [2.75, 3.05) is 14.2 Å². The second-order valence-electron chi connectivity index (χ2n) is 5.46. The van der Waals surface area contributed by atoms with Gasteiger partial charge in [0.25, 0.3) is 0 Å². The van der Waals surface area contributed by atoms with Crippen molar-refractivity contribution < 1.29 is 14.6 Å². The van der Waals surface area contributed by atoms with Gasteiger partial charge in [0, 0.05) is 5.56 Å². The Kier molecular flexibility index (Phi) is 5.04. The molecule has 1 unspecified atom stereocenters. The summed E-state index contributed by atoms with van der Waals surface area (Å²) in [4.78, 5) is 0. The Hall–Kier alpha value is -1.44. The third-order valence-electron chi connectivity index (χ3n) is 2.63. The van der Waals surface area contributed by atoms with Crippen molar-refractivity contribution in [2.45, 2.75) is 32.7 Å². The number of aryl methyl sites for hydroxylation is 1. The van der Waals surface area contributed by atoms with Gasteiger partial charge in [0.05, 0.1) is 14.2 Å². The SMILES string of the molecule is COc1c(C)ccc(C(O)C#C[Si](C)(C)C)c1OC. The van der Waals surface area contributed by atoms with Gasteiger partial charge in [-0.05, 0) is 12.5 Å². The molecule has 3 nitrogen and oxygen atoms in total. The van der Waals surface area contributed by atoms with Crippen LogP contribution >= 0.6 is 0 Å². The Labute approximate surface area is 116 Å². The molecule has 0 fully saturated rings. The third kappa shape index (κ3) is 4.02. The van der Waals surface area contributed by atoms with Gasteiger partial charge >= 0.3 is 0 Å². The fourth-order valence-corrected chi connectivity index (χ4v) is 2.29. The number of hydrogen-bond acceptors (Lipinski definition) is 3. The first-order valence-electron chi connectivity index (χ1n) is 6.22. The lowest BCUT2D eigenvalue weighted by molar-refractivity contribution is 0.230. The van der Waals surface area contributed by atoms with Crippen LogP contribution in [0.3, 0.4) is 0 Å². The second kappa shape index (κ2) is 6.13. The maximum absolute atomic E-state index is 10.2. The van der Waals surface area contributed by atoms with Crippen molar-refractivity contribution in [3.8, 4) is 23.0 Å². The highest BCUT2D eigenvalue weighted by Crippen LogP contribution is 2.37. The molecular formula is C15H22O3Si. The van der Waals surface area contributed by atoms with E-state index >= 15 is 0 Å². The summed E-state index contributed by atoms with van der Waals surface area (Å²) in [6.45, 7) is 8.35. The molecule has 0 aliphatic heterocycles. The molecule has 0 radical (unpaired) electrons. The molecule has 1 aromatic rings. The third-order valence-corrected chi connectivity index (χ3v) is 3.52. The summed E-state index contributed by atoms with van der Waals surface area (Å²) in [5, 5.41) is 10.2. The van der Waals surface area contributed by atoms with Crippen LogP contribution in [0.5, 0.6) is 11.5 Å². The van der Waals surface area contributed by atoms with Gasteiger partial charge in [-0.25, -0.2) is 0 Å². The highest BCUT2D eigenvalue weighted by Gasteiger charge is 2.18. The summed E-state index contributed by atoms with van der Waals surface area (Å²) in [7, 11) is 1.65. The quantitative estimate of drug-likeness (QED) is 0.682. The van der Waals surface area contributed by atoms with Gasteiger partial charge in [0.2, 0.25) is 0 Å². The number of rotatable bonds is 3. The minimum absolute atomic E-state index is 0.555. The summed E-state index contributed by atoms with van der Waals surface area (Å²) in [6.07, 6.45) is -0.851. The fraction of sp³-hybridized carbons (Fsp3) is 0.467. The summed E-state index contributed by atoms with van der Waals surface area (Å²) in [5.74, 6) is 4.12. The van der Waals surface area contributed by atoms with Gasteiger partial charge in [-0.3, -0.25) is 0 Å². The molecule has 0 spiro atoms. The monoisotopic (exact) mass is 278 g/mol. The van der Waals surface area contributed by atoms with Crippen LogP contribution < -0.4 is 9.47 Å². The molecule has 0 aliphatic rings. The van der Waals surface area contributed by atoms with Crippen molar-refractivity contribution >= 4 is 8.07 Å². The van der Waals surface area contributed by atoms with Crippen LogP contribution in [0.25, 0.3) is 0 Å². The number of hydrogen-bond donors (Lipinski definition) is 1. The largest absolute Gasteiger partial charge is 0.493 e. The standard InChI is InChI=1S/C15H22O3Si/c1-11-7-8-12(15(18-3)14(11)17-2)13(16)9-10-19(4,5)6/h7-8,13,16H,1-6H3. The first-order chi connectivity index (χ1) is 8.80. The minimum Gasteiger partial charge on any atom is -0.493 e. The fourth-order valence-electron chi connectivity index (χ4n) is 1.72. The van der Waals surface area contributed by atoms with Crippen LogP contribution in [0.4, 0.5) is 0 Å². The van der Waals surface area contributed by atoms with Gasteiger partial charge in [0.1, 0.15) is 14.2 Å². The maximum atomic E-state index is 10.2. The normalized spacial score (nSPS) is 12.4. The van der Waals surface area contributed by atoms with Gasteiger partial charge < -0.3 is 14.6 Å². The second-order valence-corrected chi connectivity index (χ2v) is 10.2. The van der Waals surface area contributed by atoms with Crippen molar-refractivity contribution in [1.82, 2.24) is 0 Å². The Morgan fingerprint density at radius 3 is 2.16 bits per heavy atom. The van der Waals surface area contributed by atoms with Crippen LogP contribution in [0, 0.1) is 18.4 Å². The van der Waals surface area contributed by atoms with Crippen LogP contribution in [-0.4, -0.2) is 27.4 Å². The Morgan fingerprint density at radius 1 is 1.11 bits per heavy atom. The molecule has 0 bridgehead atoms. The summed E-state index contributed by atoms with van der Waals surface area (Å²) >= 11 is 0. The molecule has 0 amide bonds. The average molecular weight is 278 g/mol. The van der Waals surface area contributed by atoms with E-state index in [1.807, 2.05) is 19.1 Å². The number of aliphatic hydroxyl groups is 1. The lowest BCUT2D eigenvalue weighted by Crippen LogP contribution is -2.17. The van der Waals surface area contributed by atoms with Crippen LogP contribution in [-0.2, 0) is 0 Å². The van der Waals surface area contributed by atoms with Gasteiger partial charge in [0.15, 0.2) is 11.5 Å². The molecule has 104 valence electrons. The molecule has 1 N–H and O–H groups in total. The number of aliphatic hydroxyl groups excluding tert-OH is 1. The Morgan fingerprint density at radius 2 is 1.68 bits per heavy atom. The van der Waals surface area contributed by atoms with Crippen molar-refractivity contribution in [1.29, 1.82) is 0 Å². The molecule has 1 aromatic carbocycles. The van der Waals surface area contributed by atoms with Crippen molar-refractivity contribution in [3.05, 3.63) is 23.3 Å². The zero-order chi connectivity index (χ0) is 14.6. The van der Waals surface area contributed by atoms with Gasteiger partial charge in [-0.2, -0.15) is 0 Å². The first-order valence-corrected chi connectivity index (χ1v) is 9.72. The molecule has 0 aliphatic carbocycles. The lowest BCUT2D eigenvalue weighted by Gasteiger charge is -2.16. The molecule has 0 heterocycles. The molecule has 0 saturated heterocycles. The predicted octanol–water partition coefficient (Wildman–Crippen LogP) is 2.93. The van der Waals surface area contributed by atoms with E-state index in [1.54, 1.807) is 14.2 Å². The van der Waals surface area contributed by atoms with Crippen LogP contribution in [0.2, 0.25) is 19.6 Å². The highest BCUT2D eigenvalue weighted by molar-refractivity contribution is 6.83. The zero-order valence-corrected chi connectivity index (χ0v) is 13.5. The molecule has 19 heavy (non-hydrogen) atoms. The van der Waals surface area contributed by atoms with E-state index in [9.17, 15) is 5.11 Å². The van der Waals surface area contributed by atoms with E-state index in [2.05, 4.69) is 31.1 Å². The van der Waals surface area contributed by atoms with Gasteiger partial charge in [-0.1, -0.05) is 37.7 Å². The average Bonchev–Trinajstić information content (AvgIpc) is 2.34. The van der Waals surface area contributed by atoms with E-state index in [0.29, 0.717) is 17.1 Å².